The summed E-state index contributed by atoms with van der Waals surface area (Å²) >= 11 is 8.11. The maximum absolute atomic E-state index is 11.6. The Morgan fingerprint density at radius 3 is 2.62 bits per heavy atom. The van der Waals surface area contributed by atoms with Gasteiger partial charge in [0.05, 0.1) is 16.2 Å². The van der Waals surface area contributed by atoms with Crippen molar-refractivity contribution in [3.05, 3.63) is 38.5 Å². The second-order valence-electron chi connectivity index (χ2n) is 8.39. The van der Waals surface area contributed by atoms with Crippen LogP contribution in [0.2, 0.25) is 5.02 Å². The fraction of sp³-hybridized carbons (Fsp3) is 0.476. The van der Waals surface area contributed by atoms with E-state index in [4.69, 9.17) is 11.6 Å². The predicted octanol–water partition coefficient (Wildman–Crippen LogP) is 5.63. The molecule has 1 aliphatic heterocycles. The summed E-state index contributed by atoms with van der Waals surface area (Å²) in [4.78, 5) is 0.719. The molecule has 1 aromatic heterocycles. The number of rotatable bonds is 1. The molecule has 4 rings (SSSR count). The van der Waals surface area contributed by atoms with Crippen molar-refractivity contribution in [1.29, 1.82) is 5.26 Å². The van der Waals surface area contributed by atoms with Crippen molar-refractivity contribution in [3.63, 3.8) is 0 Å². The fourth-order valence-corrected chi connectivity index (χ4v) is 6.26. The highest BCUT2D eigenvalue weighted by molar-refractivity contribution is 7.11. The summed E-state index contributed by atoms with van der Waals surface area (Å²) in [5.41, 5.74) is 3.49. The second-order valence-corrected chi connectivity index (χ2v) is 9.68. The third kappa shape index (κ3) is 2.08. The second kappa shape index (κ2) is 5.48. The molecule has 26 heavy (non-hydrogen) atoms. The number of halogens is 1. The number of nitrogens with zero attached hydrogens (tertiary/aromatic N) is 1. The smallest absolute Gasteiger partial charge is 0.110 e. The molecule has 1 saturated carbocycles. The first-order valence-corrected chi connectivity index (χ1v) is 10.2. The van der Waals surface area contributed by atoms with E-state index in [0.717, 1.165) is 52.1 Å². The molecule has 2 aromatic rings. The monoisotopic (exact) mass is 386 g/mol. The Morgan fingerprint density at radius 1 is 1.23 bits per heavy atom. The lowest BCUT2D eigenvalue weighted by atomic mass is 9.60. The minimum atomic E-state index is -0.806. The van der Waals surface area contributed by atoms with Crippen LogP contribution in [-0.4, -0.2) is 16.2 Å². The van der Waals surface area contributed by atoms with E-state index in [-0.39, 0.29) is 5.41 Å². The van der Waals surface area contributed by atoms with Crippen molar-refractivity contribution in [2.45, 2.75) is 63.5 Å². The van der Waals surface area contributed by atoms with Gasteiger partial charge >= 0.3 is 0 Å². The van der Waals surface area contributed by atoms with E-state index >= 15 is 0 Å². The molecule has 1 fully saturated rings. The van der Waals surface area contributed by atoms with Crippen molar-refractivity contribution >= 4 is 28.6 Å². The summed E-state index contributed by atoms with van der Waals surface area (Å²) in [7, 11) is 0. The van der Waals surface area contributed by atoms with Gasteiger partial charge in [0.15, 0.2) is 0 Å². The Labute approximate surface area is 163 Å². The Balaban J connectivity index is 1.96. The zero-order valence-corrected chi connectivity index (χ0v) is 17.1. The van der Waals surface area contributed by atoms with E-state index in [1.54, 1.807) is 0 Å². The highest BCUT2D eigenvalue weighted by Gasteiger charge is 2.62. The van der Waals surface area contributed by atoms with Gasteiger partial charge in [0.1, 0.15) is 10.9 Å². The summed E-state index contributed by atoms with van der Waals surface area (Å²) in [6, 6.07) is 6.37. The molecule has 136 valence electrons. The van der Waals surface area contributed by atoms with E-state index in [2.05, 4.69) is 38.2 Å². The number of aliphatic hydroxyl groups is 1. The van der Waals surface area contributed by atoms with Gasteiger partial charge in [0, 0.05) is 22.0 Å². The molecule has 2 atom stereocenters. The Kier molecular flexibility index (Phi) is 3.76. The first kappa shape index (κ1) is 17.9. The van der Waals surface area contributed by atoms with E-state index in [9.17, 15) is 10.4 Å². The van der Waals surface area contributed by atoms with Gasteiger partial charge in [-0.1, -0.05) is 18.5 Å². The molecule has 0 saturated heterocycles. The largest absolute Gasteiger partial charge is 0.387 e. The summed E-state index contributed by atoms with van der Waals surface area (Å²) in [5.74, 6) is 0. The standard InChI is InChI=1S/C21H23ClN2OS/c1-12-14(11-26-18(12)10-23)13-8-15-17(9-16(13)22)24-19(2,3)21(25)7-5-6-20(15,21)4/h8-9,11,24-25H,5-7H2,1-4H3. The van der Waals surface area contributed by atoms with Crippen LogP contribution < -0.4 is 5.32 Å². The first-order chi connectivity index (χ1) is 12.1. The van der Waals surface area contributed by atoms with Gasteiger partial charge in [-0.3, -0.25) is 0 Å². The van der Waals surface area contributed by atoms with Gasteiger partial charge in [0.2, 0.25) is 0 Å². The molecule has 3 nitrogen and oxygen atoms in total. The molecule has 2 heterocycles. The Hall–Kier alpha value is -1.54. The summed E-state index contributed by atoms with van der Waals surface area (Å²) in [5, 5.41) is 27.1. The quantitative estimate of drug-likeness (QED) is 0.668. The number of thiophene rings is 1. The molecular weight excluding hydrogens is 364 g/mol. The van der Waals surface area contributed by atoms with Crippen LogP contribution >= 0.6 is 22.9 Å². The average molecular weight is 387 g/mol. The molecule has 0 spiro atoms. The van der Waals surface area contributed by atoms with E-state index in [0.29, 0.717) is 5.02 Å². The van der Waals surface area contributed by atoms with Crippen LogP contribution in [-0.2, 0) is 5.41 Å². The molecule has 5 heteroatoms. The topological polar surface area (TPSA) is 56.0 Å². The van der Waals surface area contributed by atoms with Gasteiger partial charge in [-0.25, -0.2) is 0 Å². The molecular formula is C21H23ClN2OS. The molecule has 2 N–H and O–H groups in total. The van der Waals surface area contributed by atoms with Gasteiger partial charge < -0.3 is 10.4 Å². The third-order valence-corrected chi connectivity index (χ3v) is 8.04. The number of benzene rings is 1. The Morgan fingerprint density at radius 2 is 1.96 bits per heavy atom. The Bertz CT molecular complexity index is 958. The number of anilines is 1. The molecule has 2 aliphatic rings. The molecule has 0 amide bonds. The van der Waals surface area contributed by atoms with Crippen LogP contribution in [0.15, 0.2) is 17.5 Å². The maximum Gasteiger partial charge on any atom is 0.110 e. The summed E-state index contributed by atoms with van der Waals surface area (Å²) < 4.78 is 0. The fourth-order valence-electron chi connectivity index (χ4n) is 5.11. The van der Waals surface area contributed by atoms with Crippen molar-refractivity contribution in [1.82, 2.24) is 0 Å². The van der Waals surface area contributed by atoms with Gasteiger partial charge in [0.25, 0.3) is 0 Å². The minimum absolute atomic E-state index is 0.321. The zero-order valence-electron chi connectivity index (χ0n) is 15.5. The van der Waals surface area contributed by atoms with Gasteiger partial charge in [-0.2, -0.15) is 5.26 Å². The number of hydrogen-bond donors (Lipinski definition) is 2. The van der Waals surface area contributed by atoms with Crippen molar-refractivity contribution in [3.8, 4) is 17.2 Å². The summed E-state index contributed by atoms with van der Waals surface area (Å²) in [6.07, 6.45) is 2.75. The highest BCUT2D eigenvalue weighted by Crippen LogP contribution is 2.59. The van der Waals surface area contributed by atoms with Crippen molar-refractivity contribution < 1.29 is 5.11 Å². The number of hydrogen-bond acceptors (Lipinski definition) is 4. The highest BCUT2D eigenvalue weighted by atomic mass is 35.5. The van der Waals surface area contributed by atoms with E-state index in [1.165, 1.54) is 11.3 Å². The van der Waals surface area contributed by atoms with Crippen molar-refractivity contribution in [2.24, 2.45) is 0 Å². The third-order valence-electron chi connectivity index (χ3n) is 6.74. The van der Waals surface area contributed by atoms with Crippen LogP contribution in [0.25, 0.3) is 11.1 Å². The first-order valence-electron chi connectivity index (χ1n) is 8.98. The zero-order chi connectivity index (χ0) is 18.9. The van der Waals surface area contributed by atoms with Gasteiger partial charge in [-0.05, 0) is 68.9 Å². The number of nitriles is 1. The lowest BCUT2D eigenvalue weighted by molar-refractivity contribution is -0.0628. The van der Waals surface area contributed by atoms with E-state index in [1.807, 2.05) is 18.4 Å². The molecule has 0 bridgehead atoms. The molecule has 1 aliphatic carbocycles. The van der Waals surface area contributed by atoms with Crippen LogP contribution in [0.3, 0.4) is 0 Å². The number of nitrogens with one attached hydrogen (secondary N) is 1. The minimum Gasteiger partial charge on any atom is -0.387 e. The molecule has 0 radical (unpaired) electrons. The molecule has 1 aromatic carbocycles. The van der Waals surface area contributed by atoms with E-state index < -0.39 is 11.1 Å². The predicted molar refractivity (Wildman–Crippen MR) is 108 cm³/mol. The lowest BCUT2D eigenvalue weighted by Crippen LogP contribution is -2.65. The lowest BCUT2D eigenvalue weighted by Gasteiger charge is -2.55. The van der Waals surface area contributed by atoms with Crippen LogP contribution in [0.4, 0.5) is 5.69 Å². The normalized spacial score (nSPS) is 28.8. The van der Waals surface area contributed by atoms with Crippen molar-refractivity contribution in [2.75, 3.05) is 5.32 Å². The van der Waals surface area contributed by atoms with Crippen LogP contribution in [0, 0.1) is 18.3 Å². The SMILES string of the molecule is Cc1c(-c2cc3c(cc2Cl)NC(C)(C)C2(O)CCCC32C)csc1C#N. The summed E-state index contributed by atoms with van der Waals surface area (Å²) in [6.45, 7) is 8.29. The van der Waals surface area contributed by atoms with Crippen LogP contribution in [0.1, 0.15) is 56.0 Å². The maximum atomic E-state index is 11.6. The average Bonchev–Trinajstić information content (AvgIpc) is 3.09. The number of fused-ring (bicyclic) bond motifs is 3. The molecule has 2 unspecified atom stereocenters. The van der Waals surface area contributed by atoms with Gasteiger partial charge in [-0.15, -0.1) is 11.3 Å². The van der Waals surface area contributed by atoms with Crippen LogP contribution in [0.5, 0.6) is 0 Å².